The van der Waals surface area contributed by atoms with Crippen molar-refractivity contribution in [2.24, 2.45) is 0 Å². The van der Waals surface area contributed by atoms with Gasteiger partial charge in [0.25, 0.3) is 0 Å². The molecule has 3 heterocycles. The first-order valence-corrected chi connectivity index (χ1v) is 6.86. The maximum Gasteiger partial charge on any atom is 0.338 e. The molecule has 8 nitrogen and oxygen atoms in total. The van der Waals surface area contributed by atoms with E-state index in [4.69, 9.17) is 9.26 Å². The molecule has 116 valence electrons. The highest BCUT2D eigenvalue weighted by atomic mass is 16.5. The van der Waals surface area contributed by atoms with E-state index < -0.39 is 12.0 Å². The smallest absolute Gasteiger partial charge is 0.338 e. The Morgan fingerprint density at radius 1 is 1.32 bits per heavy atom. The summed E-state index contributed by atoms with van der Waals surface area (Å²) in [6.45, 7) is 5.79. The third-order valence-corrected chi connectivity index (χ3v) is 2.81. The minimum Gasteiger partial charge on any atom is -0.467 e. The number of fused-ring (bicyclic) bond motifs is 1. The lowest BCUT2D eigenvalue weighted by atomic mass is 10.2. The maximum absolute atomic E-state index is 11.9. The zero-order valence-corrected chi connectivity index (χ0v) is 12.8. The Morgan fingerprint density at radius 2 is 2.05 bits per heavy atom. The third-order valence-electron chi connectivity index (χ3n) is 2.81. The van der Waals surface area contributed by atoms with Crippen molar-refractivity contribution in [2.45, 2.75) is 26.8 Å². The van der Waals surface area contributed by atoms with Crippen LogP contribution in [0.4, 0.5) is 0 Å². The van der Waals surface area contributed by atoms with Gasteiger partial charge in [0.1, 0.15) is 17.2 Å². The molecule has 0 radical (unpaired) electrons. The summed E-state index contributed by atoms with van der Waals surface area (Å²) in [5.41, 5.74) is 1.31. The molecule has 0 amide bonds. The number of carbonyl (C=O) groups is 1. The second-order valence-electron chi connectivity index (χ2n) is 4.14. The van der Waals surface area contributed by atoms with Gasteiger partial charge in [0, 0.05) is 6.07 Å². The van der Waals surface area contributed by atoms with E-state index in [1.807, 2.05) is 13.8 Å². The van der Waals surface area contributed by atoms with Gasteiger partial charge in [-0.25, -0.2) is 19.4 Å². The topological polar surface area (TPSA) is 95.9 Å². The van der Waals surface area contributed by atoms with E-state index in [-0.39, 0.29) is 0 Å². The number of aromatic nitrogens is 5. The summed E-state index contributed by atoms with van der Waals surface area (Å²) in [5, 5.41) is 7.77. The van der Waals surface area contributed by atoms with Crippen molar-refractivity contribution >= 4 is 5.97 Å². The fourth-order valence-electron chi connectivity index (χ4n) is 1.93. The number of ether oxygens (including phenoxy) is 1. The number of nitrogens with zero attached hydrogens (tertiary/aromatic N) is 5. The summed E-state index contributed by atoms with van der Waals surface area (Å²) in [4.78, 5) is 20.4. The number of hydrogen-bond donors (Lipinski definition) is 0. The van der Waals surface area contributed by atoms with Crippen molar-refractivity contribution in [3.63, 3.8) is 0 Å². The molecule has 3 rings (SSSR count). The minimum atomic E-state index is -0.844. The molecular formula is C14H17N5O3. The highest BCUT2D eigenvalue weighted by Crippen LogP contribution is 2.22. The fourth-order valence-corrected chi connectivity index (χ4v) is 1.93. The molecule has 0 saturated heterocycles. The number of rotatable bonds is 3. The predicted molar refractivity (Wildman–Crippen MR) is 77.2 cm³/mol. The molecule has 0 fully saturated rings. The number of methoxy groups -OCH3 is 1. The van der Waals surface area contributed by atoms with Crippen LogP contribution in [0.1, 0.15) is 31.5 Å². The predicted octanol–water partition coefficient (Wildman–Crippen LogP) is 1.86. The highest BCUT2D eigenvalue weighted by Gasteiger charge is 2.28. The van der Waals surface area contributed by atoms with Gasteiger partial charge in [0.15, 0.2) is 5.76 Å². The lowest BCUT2D eigenvalue weighted by Crippen LogP contribution is -2.23. The van der Waals surface area contributed by atoms with E-state index in [1.54, 1.807) is 25.4 Å². The quantitative estimate of drug-likeness (QED) is 0.681. The van der Waals surface area contributed by atoms with E-state index in [0.717, 1.165) is 0 Å². The van der Waals surface area contributed by atoms with Crippen LogP contribution in [0.2, 0.25) is 0 Å². The van der Waals surface area contributed by atoms with Gasteiger partial charge < -0.3 is 9.26 Å². The Hall–Kier alpha value is -2.77. The van der Waals surface area contributed by atoms with Gasteiger partial charge >= 0.3 is 5.97 Å². The third kappa shape index (κ3) is 2.95. The fraction of sp³-hybridized carbons (Fsp3) is 0.357. The SMILES string of the molecule is CC.COC(=O)C(c1ccno1)n1cc2nc(C)nc-2cn1. The molecular weight excluding hydrogens is 286 g/mol. The molecule has 0 aromatic carbocycles. The lowest BCUT2D eigenvalue weighted by Gasteiger charge is -2.14. The molecule has 22 heavy (non-hydrogen) atoms. The first-order valence-electron chi connectivity index (χ1n) is 6.86. The lowest BCUT2D eigenvalue weighted by molar-refractivity contribution is -0.144. The second kappa shape index (κ2) is 6.79. The number of hydrogen-bond acceptors (Lipinski definition) is 7. The Balaban J connectivity index is 0.000000847. The van der Waals surface area contributed by atoms with Crippen LogP contribution in [-0.2, 0) is 9.53 Å². The van der Waals surface area contributed by atoms with Crippen LogP contribution in [0.15, 0.2) is 29.2 Å². The maximum atomic E-state index is 11.9. The van der Waals surface area contributed by atoms with Crippen molar-refractivity contribution < 1.29 is 14.1 Å². The van der Waals surface area contributed by atoms with E-state index in [2.05, 4.69) is 20.2 Å². The summed E-state index contributed by atoms with van der Waals surface area (Å²) < 4.78 is 11.2. The second-order valence-corrected chi connectivity index (χ2v) is 4.14. The van der Waals surface area contributed by atoms with Crippen LogP contribution < -0.4 is 0 Å². The van der Waals surface area contributed by atoms with Crippen molar-refractivity contribution in [1.82, 2.24) is 24.9 Å². The van der Waals surface area contributed by atoms with E-state index in [0.29, 0.717) is 23.0 Å². The Morgan fingerprint density at radius 3 is 2.68 bits per heavy atom. The molecule has 0 bridgehead atoms. The van der Waals surface area contributed by atoms with E-state index >= 15 is 0 Å². The zero-order valence-electron chi connectivity index (χ0n) is 12.8. The largest absolute Gasteiger partial charge is 0.467 e. The van der Waals surface area contributed by atoms with Crippen LogP contribution >= 0.6 is 0 Å². The normalized spacial score (nSPS) is 11.6. The first-order chi connectivity index (χ1) is 10.7. The Bertz CT molecular complexity index is 707. The molecule has 1 atom stereocenters. The summed E-state index contributed by atoms with van der Waals surface area (Å²) in [7, 11) is 1.30. The van der Waals surface area contributed by atoms with Crippen LogP contribution in [0.25, 0.3) is 11.4 Å². The average molecular weight is 303 g/mol. The summed E-state index contributed by atoms with van der Waals surface area (Å²) in [6, 6.07) is 0.742. The molecule has 2 aliphatic heterocycles. The van der Waals surface area contributed by atoms with Gasteiger partial charge in [-0.15, -0.1) is 0 Å². The molecule has 1 unspecified atom stereocenters. The zero-order chi connectivity index (χ0) is 16.1. The molecule has 8 heteroatoms. The monoisotopic (exact) mass is 303 g/mol. The van der Waals surface area contributed by atoms with Gasteiger partial charge in [-0.1, -0.05) is 19.0 Å². The van der Waals surface area contributed by atoms with Gasteiger partial charge in [0.05, 0.1) is 25.7 Å². The van der Waals surface area contributed by atoms with Crippen molar-refractivity contribution in [3.8, 4) is 11.4 Å². The Labute approximate surface area is 127 Å². The summed E-state index contributed by atoms with van der Waals surface area (Å²) in [6.07, 6.45) is 4.62. The van der Waals surface area contributed by atoms with Gasteiger partial charge in [-0.3, -0.25) is 0 Å². The number of aryl methyl sites for hydroxylation is 1. The van der Waals surface area contributed by atoms with E-state index in [1.165, 1.54) is 18.0 Å². The van der Waals surface area contributed by atoms with Gasteiger partial charge in [-0.2, -0.15) is 5.10 Å². The van der Waals surface area contributed by atoms with Crippen LogP contribution in [0.5, 0.6) is 0 Å². The van der Waals surface area contributed by atoms with Crippen LogP contribution in [0, 0.1) is 6.92 Å². The summed E-state index contributed by atoms with van der Waals surface area (Å²) in [5.74, 6) is 0.480. The van der Waals surface area contributed by atoms with Gasteiger partial charge in [0.2, 0.25) is 6.04 Å². The molecule has 1 aromatic rings. The molecule has 0 saturated carbocycles. The first kappa shape index (κ1) is 15.6. The minimum absolute atomic E-state index is 0.338. The van der Waals surface area contributed by atoms with Crippen LogP contribution in [-0.4, -0.2) is 38.0 Å². The van der Waals surface area contributed by atoms with Crippen molar-refractivity contribution in [2.75, 3.05) is 7.11 Å². The molecule has 1 aromatic heterocycles. The molecule has 0 aliphatic carbocycles. The molecule has 0 N–H and O–H groups in total. The molecule has 0 spiro atoms. The highest BCUT2D eigenvalue weighted by molar-refractivity contribution is 5.77. The van der Waals surface area contributed by atoms with Crippen molar-refractivity contribution in [3.05, 3.63) is 36.2 Å². The van der Waals surface area contributed by atoms with Crippen LogP contribution in [0.3, 0.4) is 0 Å². The van der Waals surface area contributed by atoms with Gasteiger partial charge in [-0.05, 0) is 6.92 Å². The number of carbonyl (C=O) groups excluding carboxylic acids is 1. The molecule has 2 aliphatic rings. The number of esters is 1. The standard InChI is InChI=1S/C12H11N5O3.C2H6/c1-7-15-8-5-13-17(6-9(8)16-7)11(12(18)19-2)10-3-4-14-20-10;1-2/h3-6,11H,1-2H3;1-2H3. The van der Waals surface area contributed by atoms with Crippen molar-refractivity contribution in [1.29, 1.82) is 0 Å². The average Bonchev–Trinajstić information content (AvgIpc) is 3.17. The number of imidazole rings is 1. The Kier molecular flexibility index (Phi) is 4.82. The van der Waals surface area contributed by atoms with E-state index in [9.17, 15) is 4.79 Å². The summed E-state index contributed by atoms with van der Waals surface area (Å²) >= 11 is 0.